The molecule has 1 saturated heterocycles. The Balaban J connectivity index is 1.84. The van der Waals surface area contributed by atoms with Gasteiger partial charge in [-0.15, -0.1) is 0 Å². The number of imidazole rings is 1. The molecule has 0 saturated carbocycles. The SMILES string of the molecule is COc1ccc([C@@H](NC(=O)[C@@H]2CNCCO2)c2nccn2C)cc1. The second-order valence-electron chi connectivity index (χ2n) is 5.67. The third kappa shape index (κ3) is 3.58. The van der Waals surface area contributed by atoms with Crippen molar-refractivity contribution in [3.8, 4) is 5.75 Å². The molecule has 0 spiro atoms. The minimum atomic E-state index is -0.486. The summed E-state index contributed by atoms with van der Waals surface area (Å²) in [7, 11) is 3.53. The predicted molar refractivity (Wildman–Crippen MR) is 88.8 cm³/mol. The van der Waals surface area contributed by atoms with Crippen molar-refractivity contribution in [1.82, 2.24) is 20.2 Å². The highest BCUT2D eigenvalue weighted by molar-refractivity contribution is 5.82. The van der Waals surface area contributed by atoms with Crippen molar-refractivity contribution in [2.75, 3.05) is 26.8 Å². The number of aryl methyl sites for hydroxylation is 1. The number of carbonyl (C=O) groups is 1. The van der Waals surface area contributed by atoms with Crippen LogP contribution in [0.25, 0.3) is 0 Å². The van der Waals surface area contributed by atoms with Gasteiger partial charge in [0.15, 0.2) is 0 Å². The van der Waals surface area contributed by atoms with Crippen LogP contribution in [0.3, 0.4) is 0 Å². The van der Waals surface area contributed by atoms with Crippen molar-refractivity contribution in [3.63, 3.8) is 0 Å². The van der Waals surface area contributed by atoms with E-state index in [9.17, 15) is 4.79 Å². The van der Waals surface area contributed by atoms with E-state index in [0.717, 1.165) is 23.7 Å². The topological polar surface area (TPSA) is 77.4 Å². The highest BCUT2D eigenvalue weighted by Crippen LogP contribution is 2.23. The number of nitrogens with one attached hydrogen (secondary N) is 2. The number of carbonyl (C=O) groups excluding carboxylic acids is 1. The van der Waals surface area contributed by atoms with Crippen LogP contribution in [0.4, 0.5) is 0 Å². The Morgan fingerprint density at radius 3 is 2.83 bits per heavy atom. The van der Waals surface area contributed by atoms with E-state index in [-0.39, 0.29) is 11.9 Å². The molecular weight excluding hydrogens is 308 g/mol. The summed E-state index contributed by atoms with van der Waals surface area (Å²) >= 11 is 0. The molecule has 1 aromatic carbocycles. The lowest BCUT2D eigenvalue weighted by Crippen LogP contribution is -2.49. The number of benzene rings is 1. The van der Waals surface area contributed by atoms with Crippen LogP contribution in [0.5, 0.6) is 5.75 Å². The first-order valence-corrected chi connectivity index (χ1v) is 7.93. The van der Waals surface area contributed by atoms with E-state index in [1.807, 2.05) is 42.1 Å². The van der Waals surface area contributed by atoms with Crippen LogP contribution in [-0.4, -0.2) is 48.4 Å². The van der Waals surface area contributed by atoms with Gasteiger partial charge < -0.3 is 24.7 Å². The van der Waals surface area contributed by atoms with Crippen LogP contribution in [0.2, 0.25) is 0 Å². The van der Waals surface area contributed by atoms with Crippen LogP contribution in [0.1, 0.15) is 17.4 Å². The molecule has 2 heterocycles. The fraction of sp³-hybridized carbons (Fsp3) is 0.412. The summed E-state index contributed by atoms with van der Waals surface area (Å²) in [5.74, 6) is 1.38. The molecule has 24 heavy (non-hydrogen) atoms. The van der Waals surface area contributed by atoms with E-state index in [1.54, 1.807) is 13.3 Å². The third-order valence-electron chi connectivity index (χ3n) is 4.07. The summed E-state index contributed by atoms with van der Waals surface area (Å²) < 4.78 is 12.6. The largest absolute Gasteiger partial charge is 0.497 e. The van der Waals surface area contributed by atoms with Crippen LogP contribution in [-0.2, 0) is 16.6 Å². The highest BCUT2D eigenvalue weighted by atomic mass is 16.5. The van der Waals surface area contributed by atoms with Crippen molar-refractivity contribution in [2.45, 2.75) is 12.1 Å². The van der Waals surface area contributed by atoms with Gasteiger partial charge in [0.1, 0.15) is 23.7 Å². The number of hydrogen-bond acceptors (Lipinski definition) is 5. The van der Waals surface area contributed by atoms with Gasteiger partial charge in [0.25, 0.3) is 5.91 Å². The maximum atomic E-state index is 12.6. The molecule has 1 aliphatic rings. The highest BCUT2D eigenvalue weighted by Gasteiger charge is 2.27. The first-order valence-electron chi connectivity index (χ1n) is 7.93. The van der Waals surface area contributed by atoms with Gasteiger partial charge in [0.2, 0.25) is 0 Å². The predicted octanol–water partition coefficient (Wildman–Crippen LogP) is 0.623. The maximum Gasteiger partial charge on any atom is 0.251 e. The van der Waals surface area contributed by atoms with E-state index in [2.05, 4.69) is 15.6 Å². The number of amides is 1. The number of morpholine rings is 1. The van der Waals surface area contributed by atoms with Crippen molar-refractivity contribution in [1.29, 1.82) is 0 Å². The molecule has 0 aliphatic carbocycles. The zero-order chi connectivity index (χ0) is 16.9. The minimum absolute atomic E-state index is 0.147. The molecule has 7 nitrogen and oxygen atoms in total. The number of ether oxygens (including phenoxy) is 2. The molecular formula is C17H22N4O3. The van der Waals surface area contributed by atoms with E-state index < -0.39 is 6.10 Å². The average Bonchev–Trinajstić information content (AvgIpc) is 3.06. The molecule has 2 aromatic rings. The van der Waals surface area contributed by atoms with Gasteiger partial charge in [-0.3, -0.25) is 4.79 Å². The number of rotatable bonds is 5. The Labute approximate surface area is 141 Å². The Morgan fingerprint density at radius 1 is 1.46 bits per heavy atom. The lowest BCUT2D eigenvalue weighted by atomic mass is 10.1. The van der Waals surface area contributed by atoms with Crippen molar-refractivity contribution in [2.24, 2.45) is 7.05 Å². The Kier molecular flexibility index (Phi) is 5.12. The zero-order valence-corrected chi connectivity index (χ0v) is 13.9. The van der Waals surface area contributed by atoms with Crippen molar-refractivity contribution in [3.05, 3.63) is 48.0 Å². The Morgan fingerprint density at radius 2 is 2.25 bits per heavy atom. The zero-order valence-electron chi connectivity index (χ0n) is 13.9. The number of nitrogens with zero attached hydrogens (tertiary/aromatic N) is 2. The normalized spacial score (nSPS) is 18.8. The van der Waals surface area contributed by atoms with Crippen LogP contribution in [0, 0.1) is 0 Å². The molecule has 0 unspecified atom stereocenters. The number of hydrogen-bond donors (Lipinski definition) is 2. The average molecular weight is 330 g/mol. The van der Waals surface area contributed by atoms with Gasteiger partial charge in [-0.05, 0) is 17.7 Å². The number of methoxy groups -OCH3 is 1. The summed E-state index contributed by atoms with van der Waals surface area (Å²) in [5, 5.41) is 6.22. The second-order valence-corrected chi connectivity index (χ2v) is 5.67. The van der Waals surface area contributed by atoms with Gasteiger partial charge in [0.05, 0.1) is 13.7 Å². The molecule has 1 amide bonds. The smallest absolute Gasteiger partial charge is 0.251 e. The van der Waals surface area contributed by atoms with Crippen LogP contribution in [0.15, 0.2) is 36.7 Å². The van der Waals surface area contributed by atoms with Crippen LogP contribution >= 0.6 is 0 Å². The molecule has 0 radical (unpaired) electrons. The van der Waals surface area contributed by atoms with Gasteiger partial charge in [0, 0.05) is 32.5 Å². The fourth-order valence-corrected chi connectivity index (χ4v) is 2.72. The minimum Gasteiger partial charge on any atom is -0.497 e. The van der Waals surface area contributed by atoms with E-state index in [4.69, 9.17) is 9.47 Å². The third-order valence-corrected chi connectivity index (χ3v) is 4.07. The molecule has 2 atom stereocenters. The molecule has 0 bridgehead atoms. The van der Waals surface area contributed by atoms with Crippen LogP contribution < -0.4 is 15.4 Å². The summed E-state index contributed by atoms with van der Waals surface area (Å²) in [6, 6.07) is 7.25. The van der Waals surface area contributed by atoms with E-state index in [0.29, 0.717) is 13.2 Å². The lowest BCUT2D eigenvalue weighted by Gasteiger charge is -2.26. The van der Waals surface area contributed by atoms with Gasteiger partial charge in [-0.1, -0.05) is 12.1 Å². The summed E-state index contributed by atoms with van der Waals surface area (Å²) in [6.07, 6.45) is 3.09. The molecule has 1 aliphatic heterocycles. The Hall–Kier alpha value is -2.38. The summed E-state index contributed by atoms with van der Waals surface area (Å²) in [6.45, 7) is 1.82. The monoisotopic (exact) mass is 330 g/mol. The molecule has 1 aromatic heterocycles. The fourth-order valence-electron chi connectivity index (χ4n) is 2.72. The quantitative estimate of drug-likeness (QED) is 0.840. The van der Waals surface area contributed by atoms with Gasteiger partial charge in [-0.2, -0.15) is 0 Å². The maximum absolute atomic E-state index is 12.6. The Bertz CT molecular complexity index is 677. The summed E-state index contributed by atoms with van der Waals surface area (Å²) in [4.78, 5) is 17.0. The lowest BCUT2D eigenvalue weighted by molar-refractivity contribution is -0.134. The standard InChI is InChI=1S/C17H22N4O3/c1-21-9-7-19-16(21)15(12-3-5-13(23-2)6-4-12)20-17(22)14-11-18-8-10-24-14/h3-7,9,14-15,18H,8,10-11H2,1-2H3,(H,20,22)/t14-,15+/m0/s1. The van der Waals surface area contributed by atoms with E-state index >= 15 is 0 Å². The molecule has 1 fully saturated rings. The molecule has 2 N–H and O–H groups in total. The van der Waals surface area contributed by atoms with Gasteiger partial charge in [-0.25, -0.2) is 4.98 Å². The van der Waals surface area contributed by atoms with E-state index in [1.165, 1.54) is 0 Å². The first-order chi connectivity index (χ1) is 11.7. The van der Waals surface area contributed by atoms with Crippen molar-refractivity contribution < 1.29 is 14.3 Å². The molecule has 7 heteroatoms. The van der Waals surface area contributed by atoms with Crippen molar-refractivity contribution >= 4 is 5.91 Å². The molecule has 128 valence electrons. The first kappa shape index (κ1) is 16.5. The summed E-state index contributed by atoms with van der Waals surface area (Å²) in [5.41, 5.74) is 0.933. The second kappa shape index (κ2) is 7.46. The molecule has 3 rings (SSSR count). The number of aromatic nitrogens is 2. The van der Waals surface area contributed by atoms with Gasteiger partial charge >= 0.3 is 0 Å².